The van der Waals surface area contributed by atoms with E-state index in [4.69, 9.17) is 21.1 Å². The number of carbonyl (C=O) groups excluding carboxylic acids is 1. The minimum atomic E-state index is -0.513. The number of nitrogens with zero attached hydrogens (tertiary/aromatic N) is 1. The van der Waals surface area contributed by atoms with Crippen molar-refractivity contribution in [3.8, 4) is 5.75 Å². The Morgan fingerprint density at radius 2 is 1.86 bits per heavy atom. The fraction of sp³-hybridized carbons (Fsp3) is 0.381. The van der Waals surface area contributed by atoms with Gasteiger partial charge in [0.2, 0.25) is 0 Å². The van der Waals surface area contributed by atoms with Gasteiger partial charge in [0, 0.05) is 31.0 Å². The normalized spacial score (nSPS) is 18.4. The van der Waals surface area contributed by atoms with E-state index in [2.05, 4.69) is 5.32 Å². The summed E-state index contributed by atoms with van der Waals surface area (Å²) in [5.74, 6) is 0.620. The summed E-state index contributed by atoms with van der Waals surface area (Å²) >= 11 is 5.93. The number of anilines is 1. The molecule has 5 nitrogen and oxygen atoms in total. The molecular formula is C21H26Cl2N2O3. The van der Waals surface area contributed by atoms with Crippen molar-refractivity contribution in [3.63, 3.8) is 0 Å². The maximum atomic E-state index is 12.9. The Balaban J connectivity index is 0.00000280. The molecule has 0 radical (unpaired) electrons. The number of rotatable bonds is 9. The number of hydrogen-bond donors (Lipinski definition) is 1. The van der Waals surface area contributed by atoms with Gasteiger partial charge in [-0.05, 0) is 55.8 Å². The van der Waals surface area contributed by atoms with E-state index >= 15 is 0 Å². The molecule has 0 aliphatic carbocycles. The van der Waals surface area contributed by atoms with Crippen molar-refractivity contribution in [1.29, 1.82) is 0 Å². The van der Waals surface area contributed by atoms with Crippen molar-refractivity contribution >= 4 is 35.6 Å². The standard InChI is InChI=1S/C21H25ClN2O3.ClH/c1-15-6-3-4-7-18(15)24-19(14-23-12-5-13-26-2)20(21(24)25)27-17-10-8-16(22)9-11-17;/h3-4,6-11,19-20,23H,5,12-14H2,1-2H3;1H. The lowest BCUT2D eigenvalue weighted by Gasteiger charge is -2.47. The van der Waals surface area contributed by atoms with Crippen LogP contribution in [0.3, 0.4) is 0 Å². The van der Waals surface area contributed by atoms with Crippen LogP contribution in [0, 0.1) is 6.92 Å². The van der Waals surface area contributed by atoms with Gasteiger partial charge in [0.25, 0.3) is 5.91 Å². The lowest BCUT2D eigenvalue weighted by molar-refractivity contribution is -0.134. The Morgan fingerprint density at radius 1 is 1.14 bits per heavy atom. The molecule has 0 bridgehead atoms. The summed E-state index contributed by atoms with van der Waals surface area (Å²) in [6.45, 7) is 4.21. The van der Waals surface area contributed by atoms with Gasteiger partial charge in [-0.1, -0.05) is 29.8 Å². The van der Waals surface area contributed by atoms with Gasteiger partial charge in [-0.2, -0.15) is 0 Å². The molecule has 1 amide bonds. The molecule has 3 rings (SSSR count). The van der Waals surface area contributed by atoms with E-state index in [1.807, 2.05) is 36.1 Å². The first kappa shape index (κ1) is 22.5. The monoisotopic (exact) mass is 424 g/mol. The molecular weight excluding hydrogens is 399 g/mol. The number of carbonyl (C=O) groups is 1. The van der Waals surface area contributed by atoms with Gasteiger partial charge in [0.1, 0.15) is 5.75 Å². The van der Waals surface area contributed by atoms with Crippen molar-refractivity contribution < 1.29 is 14.3 Å². The third-order valence-corrected chi connectivity index (χ3v) is 4.92. The second kappa shape index (κ2) is 10.7. The molecule has 2 aromatic rings. The number of halogens is 2. The molecule has 2 unspecified atom stereocenters. The molecule has 1 heterocycles. The summed E-state index contributed by atoms with van der Waals surface area (Å²) in [5, 5.41) is 4.05. The Bertz CT molecular complexity index is 771. The van der Waals surface area contributed by atoms with Crippen LogP contribution in [0.4, 0.5) is 5.69 Å². The first-order chi connectivity index (χ1) is 13.1. The van der Waals surface area contributed by atoms with Crippen LogP contribution in [0.5, 0.6) is 5.75 Å². The smallest absolute Gasteiger partial charge is 0.270 e. The molecule has 2 aromatic carbocycles. The number of benzene rings is 2. The summed E-state index contributed by atoms with van der Waals surface area (Å²) < 4.78 is 11.1. The molecule has 0 spiro atoms. The number of methoxy groups -OCH3 is 1. The molecule has 1 saturated heterocycles. The SMILES string of the molecule is COCCCNCC1C(Oc2ccc(Cl)cc2)C(=O)N1c1ccccc1C.Cl. The predicted molar refractivity (Wildman–Crippen MR) is 115 cm³/mol. The number of aryl methyl sites for hydroxylation is 1. The number of para-hydroxylation sites is 1. The van der Waals surface area contributed by atoms with E-state index in [0.717, 1.165) is 24.2 Å². The number of amides is 1. The minimum absolute atomic E-state index is 0. The first-order valence-corrected chi connectivity index (χ1v) is 9.50. The van der Waals surface area contributed by atoms with Crippen molar-refractivity contribution in [3.05, 3.63) is 59.1 Å². The van der Waals surface area contributed by atoms with E-state index < -0.39 is 6.10 Å². The summed E-state index contributed by atoms with van der Waals surface area (Å²) in [4.78, 5) is 14.7. The zero-order valence-electron chi connectivity index (χ0n) is 16.1. The van der Waals surface area contributed by atoms with Gasteiger partial charge in [0.05, 0.1) is 6.04 Å². The van der Waals surface area contributed by atoms with Crippen LogP contribution in [0.1, 0.15) is 12.0 Å². The number of ether oxygens (including phenoxy) is 2. The molecule has 2 atom stereocenters. The van der Waals surface area contributed by atoms with Crippen LogP contribution in [-0.2, 0) is 9.53 Å². The summed E-state index contributed by atoms with van der Waals surface area (Å²) in [6.07, 6.45) is 0.408. The Morgan fingerprint density at radius 3 is 2.54 bits per heavy atom. The van der Waals surface area contributed by atoms with E-state index in [1.165, 1.54) is 0 Å². The van der Waals surface area contributed by atoms with Gasteiger partial charge >= 0.3 is 0 Å². The molecule has 1 N–H and O–H groups in total. The highest BCUT2D eigenvalue weighted by atomic mass is 35.5. The van der Waals surface area contributed by atoms with Crippen molar-refractivity contribution in [2.45, 2.75) is 25.5 Å². The average molecular weight is 425 g/mol. The molecule has 152 valence electrons. The second-order valence-electron chi connectivity index (χ2n) is 6.60. The van der Waals surface area contributed by atoms with Crippen LogP contribution >= 0.6 is 24.0 Å². The van der Waals surface area contributed by atoms with Crippen molar-refractivity contribution in [2.24, 2.45) is 0 Å². The predicted octanol–water partition coefficient (Wildman–Crippen LogP) is 3.86. The first-order valence-electron chi connectivity index (χ1n) is 9.12. The maximum Gasteiger partial charge on any atom is 0.270 e. The van der Waals surface area contributed by atoms with E-state index in [-0.39, 0.29) is 24.4 Å². The van der Waals surface area contributed by atoms with Crippen LogP contribution < -0.4 is 15.0 Å². The average Bonchev–Trinajstić information content (AvgIpc) is 2.67. The second-order valence-corrected chi connectivity index (χ2v) is 7.04. The fourth-order valence-corrected chi connectivity index (χ4v) is 3.35. The van der Waals surface area contributed by atoms with Gasteiger partial charge in [0.15, 0.2) is 6.10 Å². The van der Waals surface area contributed by atoms with Gasteiger partial charge in [-0.25, -0.2) is 0 Å². The molecule has 1 aliphatic rings. The summed E-state index contributed by atoms with van der Waals surface area (Å²) in [5.41, 5.74) is 2.00. The number of hydrogen-bond acceptors (Lipinski definition) is 4. The third kappa shape index (κ3) is 5.17. The minimum Gasteiger partial charge on any atom is -0.478 e. The Labute approximate surface area is 177 Å². The summed E-state index contributed by atoms with van der Waals surface area (Å²) in [7, 11) is 1.69. The highest BCUT2D eigenvalue weighted by Crippen LogP contribution is 2.33. The third-order valence-electron chi connectivity index (χ3n) is 4.67. The van der Waals surface area contributed by atoms with Crippen molar-refractivity contribution in [2.75, 3.05) is 31.7 Å². The van der Waals surface area contributed by atoms with Crippen LogP contribution in [0.15, 0.2) is 48.5 Å². The van der Waals surface area contributed by atoms with Crippen molar-refractivity contribution in [1.82, 2.24) is 5.32 Å². The molecule has 1 aliphatic heterocycles. The lowest BCUT2D eigenvalue weighted by Crippen LogP contribution is -2.70. The number of nitrogens with one attached hydrogen (secondary N) is 1. The quantitative estimate of drug-likeness (QED) is 0.490. The van der Waals surface area contributed by atoms with Crippen LogP contribution in [0.25, 0.3) is 0 Å². The molecule has 0 aromatic heterocycles. The fourth-order valence-electron chi connectivity index (χ4n) is 3.23. The molecule has 28 heavy (non-hydrogen) atoms. The Kier molecular flexibility index (Phi) is 8.58. The largest absolute Gasteiger partial charge is 0.478 e. The summed E-state index contributed by atoms with van der Waals surface area (Å²) in [6, 6.07) is 14.9. The molecule has 7 heteroatoms. The topological polar surface area (TPSA) is 50.8 Å². The van der Waals surface area contributed by atoms with Gasteiger partial charge in [-0.15, -0.1) is 12.4 Å². The Hall–Kier alpha value is -1.79. The maximum absolute atomic E-state index is 12.9. The van der Waals surface area contributed by atoms with Gasteiger partial charge < -0.3 is 19.7 Å². The molecule has 1 fully saturated rings. The zero-order chi connectivity index (χ0) is 19.2. The van der Waals surface area contributed by atoms with E-state index in [9.17, 15) is 4.79 Å². The van der Waals surface area contributed by atoms with Crippen LogP contribution in [0.2, 0.25) is 5.02 Å². The highest BCUT2D eigenvalue weighted by molar-refractivity contribution is 6.30. The van der Waals surface area contributed by atoms with Gasteiger partial charge in [-0.3, -0.25) is 4.79 Å². The zero-order valence-corrected chi connectivity index (χ0v) is 17.6. The lowest BCUT2D eigenvalue weighted by atomic mass is 9.95. The van der Waals surface area contributed by atoms with E-state index in [1.54, 1.807) is 31.4 Å². The number of β-lactam (4-membered cyclic amide) rings is 1. The van der Waals surface area contributed by atoms with Crippen LogP contribution in [-0.4, -0.2) is 44.9 Å². The molecule has 0 saturated carbocycles. The van der Waals surface area contributed by atoms with E-state index in [0.29, 0.717) is 23.9 Å². The highest BCUT2D eigenvalue weighted by Gasteiger charge is 2.50.